The minimum absolute atomic E-state index is 0.0536. The lowest BCUT2D eigenvalue weighted by molar-refractivity contribution is -0.146. The van der Waals surface area contributed by atoms with Crippen molar-refractivity contribution in [1.82, 2.24) is 0 Å². The van der Waals surface area contributed by atoms with Gasteiger partial charge in [-0.3, -0.25) is 4.79 Å². The topological polar surface area (TPSA) is 26.3 Å². The van der Waals surface area contributed by atoms with Crippen LogP contribution in [-0.2, 0) is 9.53 Å². The molecule has 0 heterocycles. The Morgan fingerprint density at radius 1 is 1.04 bits per heavy atom. The number of benzene rings is 1. The van der Waals surface area contributed by atoms with Crippen molar-refractivity contribution in [2.75, 3.05) is 0 Å². The Morgan fingerprint density at radius 2 is 1.54 bits per heavy atom. The van der Waals surface area contributed by atoms with Gasteiger partial charge < -0.3 is 4.74 Å². The van der Waals surface area contributed by atoms with Gasteiger partial charge in [-0.15, -0.1) is 0 Å². The van der Waals surface area contributed by atoms with Crippen molar-refractivity contribution < 1.29 is 9.53 Å². The predicted molar refractivity (Wildman–Crippen MR) is 103 cm³/mol. The van der Waals surface area contributed by atoms with Crippen LogP contribution in [0.2, 0.25) is 0 Å². The molecule has 0 bridgehead atoms. The summed E-state index contributed by atoms with van der Waals surface area (Å²) in [5, 5.41) is 0. The highest BCUT2D eigenvalue weighted by Gasteiger charge is 2.63. The van der Waals surface area contributed by atoms with E-state index < -0.39 is 0 Å². The number of hydrogen-bond acceptors (Lipinski definition) is 2. The number of rotatable bonds is 4. The molecule has 0 spiro atoms. The maximum atomic E-state index is 12.2. The number of aryl methyl sites for hydroxylation is 1. The Bertz CT molecular complexity index is 632. The lowest BCUT2D eigenvalue weighted by Crippen LogP contribution is -2.20. The van der Waals surface area contributed by atoms with Crippen LogP contribution in [0.5, 0.6) is 0 Å². The highest BCUT2D eigenvalue weighted by atomic mass is 16.5. The van der Waals surface area contributed by atoms with E-state index in [2.05, 4.69) is 52.0 Å². The lowest BCUT2D eigenvalue weighted by atomic mass is 9.98. The van der Waals surface area contributed by atoms with Gasteiger partial charge in [0.15, 0.2) is 0 Å². The zero-order valence-electron chi connectivity index (χ0n) is 16.5. The predicted octanol–water partition coefficient (Wildman–Crippen LogP) is 6.31. The van der Waals surface area contributed by atoms with Crippen molar-refractivity contribution in [1.29, 1.82) is 0 Å². The van der Waals surface area contributed by atoms with Crippen LogP contribution in [-0.4, -0.2) is 5.97 Å². The molecule has 24 heavy (non-hydrogen) atoms. The van der Waals surface area contributed by atoms with Crippen LogP contribution in [0.1, 0.15) is 66.0 Å². The third kappa shape index (κ3) is 4.59. The molecule has 1 aromatic carbocycles. The zero-order valence-corrected chi connectivity index (χ0v) is 16.5. The fraction of sp³-hybridized carbons (Fsp3) is 0.500. The quantitative estimate of drug-likeness (QED) is 0.368. The summed E-state index contributed by atoms with van der Waals surface area (Å²) in [4.78, 5) is 12.2. The molecule has 1 aliphatic rings. The minimum atomic E-state index is -0.336. The molecular weight excluding hydrogens is 296 g/mol. The summed E-state index contributed by atoms with van der Waals surface area (Å²) in [6.07, 6.45) is 4.75. The third-order valence-corrected chi connectivity index (χ3v) is 4.94. The van der Waals surface area contributed by atoms with Crippen molar-refractivity contribution in [3.8, 4) is 0 Å². The van der Waals surface area contributed by atoms with Gasteiger partial charge in [-0.05, 0) is 56.7 Å². The maximum Gasteiger partial charge on any atom is 0.317 e. The summed E-state index contributed by atoms with van der Waals surface area (Å²) < 4.78 is 5.50. The molecule has 0 amide bonds. The zero-order chi connectivity index (χ0) is 18.5. The molecule has 1 fully saturated rings. The molecule has 1 saturated carbocycles. The summed E-state index contributed by atoms with van der Waals surface area (Å²) in [6.45, 7) is 16.2. The van der Waals surface area contributed by atoms with Crippen LogP contribution in [0.3, 0.4) is 0 Å². The molecule has 2 nitrogen and oxygen atoms in total. The van der Waals surface area contributed by atoms with Crippen molar-refractivity contribution in [3.63, 3.8) is 0 Å². The van der Waals surface area contributed by atoms with Gasteiger partial charge in [-0.2, -0.15) is 0 Å². The van der Waals surface area contributed by atoms with Crippen LogP contribution in [0, 0.1) is 17.8 Å². The summed E-state index contributed by atoms with van der Waals surface area (Å²) in [6, 6.07) is 8.40. The van der Waals surface area contributed by atoms with Crippen molar-refractivity contribution in [3.05, 3.63) is 53.3 Å². The van der Waals surface area contributed by atoms with Gasteiger partial charge in [-0.1, -0.05) is 63.6 Å². The molecule has 0 N–H and O–H groups in total. The number of carbonyl (C=O) groups is 1. The number of allylic oxidation sites excluding steroid dienone is 4. The second-order valence-electron chi connectivity index (χ2n) is 7.28. The Kier molecular flexibility index (Phi) is 6.59. The Balaban J connectivity index is 0.00000139. The van der Waals surface area contributed by atoms with Gasteiger partial charge in [0.05, 0.1) is 5.41 Å². The first-order valence-electron chi connectivity index (χ1n) is 8.80. The van der Waals surface area contributed by atoms with Crippen molar-refractivity contribution >= 4 is 11.5 Å². The Morgan fingerprint density at radius 3 is 2.00 bits per heavy atom. The van der Waals surface area contributed by atoms with Crippen molar-refractivity contribution in [2.45, 2.75) is 61.8 Å². The molecule has 0 aromatic heterocycles. The van der Waals surface area contributed by atoms with E-state index in [0.29, 0.717) is 5.76 Å². The monoisotopic (exact) mass is 328 g/mol. The fourth-order valence-corrected chi connectivity index (χ4v) is 2.64. The summed E-state index contributed by atoms with van der Waals surface area (Å²) in [7, 11) is 0. The first-order valence-corrected chi connectivity index (χ1v) is 8.80. The van der Waals surface area contributed by atoms with Crippen LogP contribution in [0.25, 0.3) is 5.57 Å². The molecule has 2 rings (SSSR count). The average molecular weight is 328 g/mol. The molecule has 1 atom stereocenters. The normalized spacial score (nSPS) is 22.3. The minimum Gasteiger partial charge on any atom is -0.431 e. The van der Waals surface area contributed by atoms with Gasteiger partial charge in [0.1, 0.15) is 5.76 Å². The van der Waals surface area contributed by atoms with E-state index in [1.54, 1.807) is 0 Å². The molecule has 1 unspecified atom stereocenters. The van der Waals surface area contributed by atoms with Crippen molar-refractivity contribution in [2.24, 2.45) is 10.8 Å². The lowest BCUT2D eigenvalue weighted by Gasteiger charge is -2.13. The van der Waals surface area contributed by atoms with Crippen LogP contribution < -0.4 is 0 Å². The van der Waals surface area contributed by atoms with Gasteiger partial charge in [-0.25, -0.2) is 0 Å². The Hall–Kier alpha value is -1.83. The molecular formula is C22H32O2. The molecule has 1 aromatic rings. The van der Waals surface area contributed by atoms with Crippen LogP contribution in [0.4, 0.5) is 0 Å². The highest BCUT2D eigenvalue weighted by Crippen LogP contribution is 2.63. The fourth-order valence-electron chi connectivity index (χ4n) is 2.64. The van der Waals surface area contributed by atoms with Gasteiger partial charge >= 0.3 is 5.97 Å². The van der Waals surface area contributed by atoms with E-state index in [4.69, 9.17) is 4.74 Å². The summed E-state index contributed by atoms with van der Waals surface area (Å²) >= 11 is 0. The first-order chi connectivity index (χ1) is 11.2. The van der Waals surface area contributed by atoms with E-state index in [1.165, 1.54) is 11.1 Å². The second-order valence-corrected chi connectivity index (χ2v) is 7.28. The molecule has 0 aliphatic heterocycles. The summed E-state index contributed by atoms with van der Waals surface area (Å²) in [5.41, 5.74) is 3.29. The molecule has 0 saturated heterocycles. The van der Waals surface area contributed by atoms with E-state index in [0.717, 1.165) is 12.0 Å². The molecule has 0 radical (unpaired) electrons. The summed E-state index contributed by atoms with van der Waals surface area (Å²) in [5.74, 6) is 0.521. The van der Waals surface area contributed by atoms with E-state index in [1.807, 2.05) is 39.8 Å². The van der Waals surface area contributed by atoms with Gasteiger partial charge in [0.25, 0.3) is 0 Å². The molecule has 132 valence electrons. The van der Waals surface area contributed by atoms with E-state index in [9.17, 15) is 4.79 Å². The number of esters is 1. The SMILES string of the molecule is C/C(=C\C=C(/C)c1ccc(C)cc1)OC(=O)C1(C)CC1(C)C.CC. The maximum absolute atomic E-state index is 12.2. The standard InChI is InChI=1S/C20H26O2.C2H6/c1-14-7-11-17(12-8-14)15(2)9-10-16(3)22-18(21)20(6)13-19(20,4)5;1-2/h7-12H,13H2,1-6H3;1-2H3/b15-9+,16-10+;. The Labute approximate surface area is 147 Å². The molecule has 2 heteroatoms. The smallest absolute Gasteiger partial charge is 0.317 e. The average Bonchev–Trinajstić information content (AvgIpc) is 3.07. The number of hydrogen-bond donors (Lipinski definition) is 0. The van der Waals surface area contributed by atoms with Crippen LogP contribution in [0.15, 0.2) is 42.2 Å². The first kappa shape index (κ1) is 20.2. The van der Waals surface area contributed by atoms with Crippen LogP contribution >= 0.6 is 0 Å². The van der Waals surface area contributed by atoms with Gasteiger partial charge in [0.2, 0.25) is 0 Å². The number of carbonyl (C=O) groups excluding carboxylic acids is 1. The second kappa shape index (κ2) is 7.83. The van der Waals surface area contributed by atoms with E-state index in [-0.39, 0.29) is 16.8 Å². The largest absolute Gasteiger partial charge is 0.431 e. The third-order valence-electron chi connectivity index (χ3n) is 4.94. The molecule has 1 aliphatic carbocycles. The van der Waals surface area contributed by atoms with E-state index >= 15 is 0 Å². The highest BCUT2D eigenvalue weighted by molar-refractivity contribution is 5.82. The number of ether oxygens (including phenoxy) is 1. The van der Waals surface area contributed by atoms with Gasteiger partial charge in [0, 0.05) is 0 Å².